The molecule has 0 atom stereocenters. The van der Waals surface area contributed by atoms with Crippen LogP contribution in [0.5, 0.6) is 0 Å². The molecule has 6 heteroatoms. The number of rotatable bonds is 4. The SMILES string of the molecule is NC(=O)CC=Cc1ccc(Cl)c([N+](=O)[O-])c1. The summed E-state index contributed by atoms with van der Waals surface area (Å²) >= 11 is 5.64. The number of primary amides is 1. The zero-order valence-corrected chi connectivity index (χ0v) is 8.98. The minimum Gasteiger partial charge on any atom is -0.369 e. The molecule has 0 fully saturated rings. The van der Waals surface area contributed by atoms with Crippen LogP contribution in [0.3, 0.4) is 0 Å². The molecule has 0 aliphatic rings. The third kappa shape index (κ3) is 3.36. The molecular formula is C10H9ClN2O3. The van der Waals surface area contributed by atoms with Gasteiger partial charge in [-0.25, -0.2) is 0 Å². The first kappa shape index (κ1) is 12.2. The molecule has 84 valence electrons. The topological polar surface area (TPSA) is 86.2 Å². The Hall–Kier alpha value is -1.88. The van der Waals surface area contributed by atoms with Gasteiger partial charge in [-0.1, -0.05) is 29.8 Å². The second kappa shape index (κ2) is 5.27. The molecule has 0 bridgehead atoms. The molecule has 5 nitrogen and oxygen atoms in total. The summed E-state index contributed by atoms with van der Waals surface area (Å²) in [6.07, 6.45) is 3.21. The highest BCUT2D eigenvalue weighted by atomic mass is 35.5. The van der Waals surface area contributed by atoms with Gasteiger partial charge in [0.2, 0.25) is 5.91 Å². The Balaban J connectivity index is 2.91. The van der Waals surface area contributed by atoms with E-state index < -0.39 is 10.8 Å². The van der Waals surface area contributed by atoms with Crippen LogP contribution in [0.1, 0.15) is 12.0 Å². The van der Waals surface area contributed by atoms with Crippen LogP contribution in [-0.2, 0) is 4.79 Å². The van der Waals surface area contributed by atoms with E-state index in [0.29, 0.717) is 5.56 Å². The third-order valence-electron chi connectivity index (χ3n) is 1.80. The summed E-state index contributed by atoms with van der Waals surface area (Å²) < 4.78 is 0. The van der Waals surface area contributed by atoms with Crippen molar-refractivity contribution in [3.8, 4) is 0 Å². The number of hydrogen-bond donors (Lipinski definition) is 1. The molecule has 0 radical (unpaired) electrons. The molecule has 0 aliphatic carbocycles. The maximum absolute atomic E-state index is 10.6. The van der Waals surface area contributed by atoms with E-state index in [4.69, 9.17) is 17.3 Å². The second-order valence-electron chi connectivity index (χ2n) is 3.04. The van der Waals surface area contributed by atoms with E-state index in [0.717, 1.165) is 0 Å². The summed E-state index contributed by atoms with van der Waals surface area (Å²) in [4.78, 5) is 20.5. The summed E-state index contributed by atoms with van der Waals surface area (Å²) in [5.74, 6) is -0.459. The van der Waals surface area contributed by atoms with E-state index in [2.05, 4.69) is 0 Å². The van der Waals surface area contributed by atoms with Gasteiger partial charge in [-0.2, -0.15) is 0 Å². The number of benzene rings is 1. The molecule has 0 saturated carbocycles. The Kier molecular flexibility index (Phi) is 4.02. The fourth-order valence-corrected chi connectivity index (χ4v) is 1.27. The molecule has 16 heavy (non-hydrogen) atoms. The van der Waals surface area contributed by atoms with Crippen LogP contribution >= 0.6 is 11.6 Å². The third-order valence-corrected chi connectivity index (χ3v) is 2.12. The summed E-state index contributed by atoms with van der Waals surface area (Å²) in [6, 6.07) is 4.39. The predicted molar refractivity (Wildman–Crippen MR) is 61.0 cm³/mol. The van der Waals surface area contributed by atoms with Crippen molar-refractivity contribution in [1.29, 1.82) is 0 Å². The standard InChI is InChI=1S/C10H9ClN2O3/c11-8-5-4-7(2-1-3-10(12)14)6-9(8)13(15)16/h1-2,4-6H,3H2,(H2,12,14). The smallest absolute Gasteiger partial charge is 0.288 e. The zero-order chi connectivity index (χ0) is 12.1. The van der Waals surface area contributed by atoms with Crippen molar-refractivity contribution in [1.82, 2.24) is 0 Å². The maximum atomic E-state index is 10.6. The van der Waals surface area contributed by atoms with Crippen LogP contribution in [0.25, 0.3) is 6.08 Å². The number of hydrogen-bond acceptors (Lipinski definition) is 3. The Bertz CT molecular complexity index is 457. The van der Waals surface area contributed by atoms with Gasteiger partial charge in [-0.3, -0.25) is 14.9 Å². The molecule has 0 spiro atoms. The fraction of sp³-hybridized carbons (Fsp3) is 0.100. The largest absolute Gasteiger partial charge is 0.369 e. The van der Waals surface area contributed by atoms with E-state index >= 15 is 0 Å². The molecule has 0 heterocycles. The Morgan fingerprint density at radius 1 is 1.56 bits per heavy atom. The first-order valence-electron chi connectivity index (χ1n) is 4.39. The number of nitro groups is 1. The summed E-state index contributed by atoms with van der Waals surface area (Å²) in [6.45, 7) is 0. The number of carbonyl (C=O) groups excluding carboxylic acids is 1. The number of halogens is 1. The highest BCUT2D eigenvalue weighted by Gasteiger charge is 2.11. The Morgan fingerprint density at radius 2 is 2.25 bits per heavy atom. The van der Waals surface area contributed by atoms with E-state index in [1.165, 1.54) is 18.2 Å². The van der Waals surface area contributed by atoms with Gasteiger partial charge in [-0.15, -0.1) is 0 Å². The number of nitrogens with two attached hydrogens (primary N) is 1. The normalized spacial score (nSPS) is 10.6. The maximum Gasteiger partial charge on any atom is 0.288 e. The molecule has 1 amide bonds. The fourth-order valence-electron chi connectivity index (χ4n) is 1.08. The second-order valence-corrected chi connectivity index (χ2v) is 3.45. The highest BCUT2D eigenvalue weighted by Crippen LogP contribution is 2.25. The van der Waals surface area contributed by atoms with E-state index in [1.807, 2.05) is 0 Å². The molecule has 0 unspecified atom stereocenters. The summed E-state index contributed by atoms with van der Waals surface area (Å²) in [7, 11) is 0. The molecular weight excluding hydrogens is 232 g/mol. The van der Waals surface area contributed by atoms with Crippen LogP contribution in [0.4, 0.5) is 5.69 Å². The number of carbonyl (C=O) groups is 1. The summed E-state index contributed by atoms with van der Waals surface area (Å²) in [5, 5.41) is 10.7. The molecule has 0 aromatic heterocycles. The van der Waals surface area contributed by atoms with Gasteiger partial charge < -0.3 is 5.73 Å². The Morgan fingerprint density at radius 3 is 2.81 bits per heavy atom. The lowest BCUT2D eigenvalue weighted by Gasteiger charge is -1.97. The number of nitrogens with zero attached hydrogens (tertiary/aromatic N) is 1. The van der Waals surface area contributed by atoms with Crippen molar-refractivity contribution in [2.45, 2.75) is 6.42 Å². The van der Waals surface area contributed by atoms with Gasteiger partial charge >= 0.3 is 0 Å². The molecule has 1 rings (SSSR count). The lowest BCUT2D eigenvalue weighted by atomic mass is 10.2. The average molecular weight is 241 g/mol. The van der Waals surface area contributed by atoms with Crippen molar-refractivity contribution in [3.05, 3.63) is 45.0 Å². The quantitative estimate of drug-likeness (QED) is 0.646. The van der Waals surface area contributed by atoms with Gasteiger partial charge in [0.05, 0.1) is 4.92 Å². The number of amides is 1. The lowest BCUT2D eigenvalue weighted by Crippen LogP contribution is -2.07. The molecule has 0 aliphatic heterocycles. The van der Waals surface area contributed by atoms with Gasteiger partial charge in [0.25, 0.3) is 5.69 Å². The monoisotopic (exact) mass is 240 g/mol. The molecule has 2 N–H and O–H groups in total. The van der Waals surface area contributed by atoms with Crippen LogP contribution in [-0.4, -0.2) is 10.8 Å². The van der Waals surface area contributed by atoms with Gasteiger partial charge in [0.1, 0.15) is 5.02 Å². The molecule has 0 saturated heterocycles. The van der Waals surface area contributed by atoms with Crippen LogP contribution in [0.2, 0.25) is 5.02 Å². The predicted octanol–water partition coefficient (Wildman–Crippen LogP) is 2.14. The minimum atomic E-state index is -0.562. The highest BCUT2D eigenvalue weighted by molar-refractivity contribution is 6.32. The van der Waals surface area contributed by atoms with Gasteiger partial charge in [-0.05, 0) is 11.6 Å². The zero-order valence-electron chi connectivity index (χ0n) is 8.22. The molecule has 1 aromatic rings. The van der Waals surface area contributed by atoms with E-state index in [-0.39, 0.29) is 17.1 Å². The van der Waals surface area contributed by atoms with Crippen LogP contribution < -0.4 is 5.73 Å². The van der Waals surface area contributed by atoms with Crippen molar-refractivity contribution >= 4 is 29.3 Å². The lowest BCUT2D eigenvalue weighted by molar-refractivity contribution is -0.384. The average Bonchev–Trinajstić information content (AvgIpc) is 2.19. The van der Waals surface area contributed by atoms with Gasteiger partial charge in [0.15, 0.2) is 0 Å². The Labute approximate surface area is 96.7 Å². The molecule has 1 aromatic carbocycles. The van der Waals surface area contributed by atoms with Crippen molar-refractivity contribution < 1.29 is 9.72 Å². The van der Waals surface area contributed by atoms with Crippen LogP contribution in [0, 0.1) is 10.1 Å². The van der Waals surface area contributed by atoms with Crippen molar-refractivity contribution in [2.24, 2.45) is 5.73 Å². The number of nitro benzene ring substituents is 1. The summed E-state index contributed by atoms with van der Waals surface area (Å²) in [5.41, 5.74) is 5.37. The first-order chi connectivity index (χ1) is 7.50. The van der Waals surface area contributed by atoms with E-state index in [1.54, 1.807) is 12.1 Å². The van der Waals surface area contributed by atoms with E-state index in [9.17, 15) is 14.9 Å². The first-order valence-corrected chi connectivity index (χ1v) is 4.77. The van der Waals surface area contributed by atoms with Crippen molar-refractivity contribution in [2.75, 3.05) is 0 Å². The minimum absolute atomic E-state index is 0.0806. The van der Waals surface area contributed by atoms with Crippen LogP contribution in [0.15, 0.2) is 24.3 Å². The van der Waals surface area contributed by atoms with Crippen molar-refractivity contribution in [3.63, 3.8) is 0 Å². The van der Waals surface area contributed by atoms with Gasteiger partial charge in [0, 0.05) is 12.5 Å².